The molecule has 124 valence electrons. The van der Waals surface area contributed by atoms with Crippen LogP contribution in [0.1, 0.15) is 26.2 Å². The Labute approximate surface area is 136 Å². The van der Waals surface area contributed by atoms with E-state index in [2.05, 4.69) is 73.7 Å². The van der Waals surface area contributed by atoms with Gasteiger partial charge >= 0.3 is 0 Å². The summed E-state index contributed by atoms with van der Waals surface area (Å²) in [4.78, 5) is 2.27. The summed E-state index contributed by atoms with van der Waals surface area (Å²) in [5, 5.41) is 8.07. The maximum Gasteiger partial charge on any atom is 0.0451 e. The molecular formula is C18H32N4. The van der Waals surface area contributed by atoms with Crippen LogP contribution in [0.25, 0.3) is 0 Å². The van der Waals surface area contributed by atoms with E-state index in [-0.39, 0.29) is 0 Å². The molecule has 2 aliphatic rings. The second kappa shape index (κ2) is 7.95. The molecule has 0 saturated heterocycles. The van der Waals surface area contributed by atoms with Crippen molar-refractivity contribution in [1.82, 2.24) is 20.2 Å². The van der Waals surface area contributed by atoms with Crippen LogP contribution in [-0.4, -0.2) is 68.8 Å². The number of nitrogens with one attached hydrogen (secondary N) is 1. The minimum Gasteiger partial charge on any atom is -0.316 e. The second-order valence-electron chi connectivity index (χ2n) is 6.74. The van der Waals surface area contributed by atoms with Gasteiger partial charge in [-0.05, 0) is 43.7 Å². The van der Waals surface area contributed by atoms with E-state index in [1.54, 1.807) is 5.57 Å². The number of rotatable bonds is 6. The van der Waals surface area contributed by atoms with Gasteiger partial charge in [0.1, 0.15) is 0 Å². The highest BCUT2D eigenvalue weighted by Gasteiger charge is 2.22. The van der Waals surface area contributed by atoms with Crippen LogP contribution in [0.4, 0.5) is 0 Å². The van der Waals surface area contributed by atoms with E-state index < -0.39 is 0 Å². The Balaban J connectivity index is 2.12. The van der Waals surface area contributed by atoms with Gasteiger partial charge in [0.2, 0.25) is 0 Å². The van der Waals surface area contributed by atoms with Gasteiger partial charge in [-0.15, -0.1) is 0 Å². The van der Waals surface area contributed by atoms with E-state index >= 15 is 0 Å². The molecule has 1 atom stereocenters. The van der Waals surface area contributed by atoms with Crippen molar-refractivity contribution in [2.75, 3.05) is 47.8 Å². The fraction of sp³-hybridized carbons (Fsp3) is 0.667. The molecule has 0 saturated carbocycles. The third kappa shape index (κ3) is 4.45. The van der Waals surface area contributed by atoms with Crippen molar-refractivity contribution in [3.8, 4) is 0 Å². The van der Waals surface area contributed by atoms with Gasteiger partial charge in [0.15, 0.2) is 0 Å². The highest BCUT2D eigenvalue weighted by Crippen LogP contribution is 2.25. The van der Waals surface area contributed by atoms with E-state index in [0.29, 0.717) is 6.04 Å². The molecule has 0 spiro atoms. The van der Waals surface area contributed by atoms with Crippen molar-refractivity contribution in [2.24, 2.45) is 0 Å². The molecule has 2 aliphatic heterocycles. The molecule has 0 aromatic carbocycles. The topological polar surface area (TPSA) is 21.8 Å². The first-order valence-electron chi connectivity index (χ1n) is 8.42. The predicted octanol–water partition coefficient (Wildman–Crippen LogP) is 2.24. The first kappa shape index (κ1) is 17.3. The average molecular weight is 304 g/mol. The summed E-state index contributed by atoms with van der Waals surface area (Å²) < 4.78 is 0. The van der Waals surface area contributed by atoms with E-state index in [1.807, 2.05) is 0 Å². The fourth-order valence-electron chi connectivity index (χ4n) is 3.26. The van der Waals surface area contributed by atoms with Crippen molar-refractivity contribution < 1.29 is 0 Å². The standard InChI is InChI=1S/C18H32N4/c1-6-7-16-10-11-19-18(14-20(2)3)17(16)9-8-15-12-21(4)22(5)13-15/h9-10,12,18-19H,6-8,11,13-14H2,1-5H3/b17-9-. The molecule has 2 heterocycles. The summed E-state index contributed by atoms with van der Waals surface area (Å²) in [7, 11) is 8.55. The first-order chi connectivity index (χ1) is 10.5. The summed E-state index contributed by atoms with van der Waals surface area (Å²) in [6.45, 7) is 5.37. The van der Waals surface area contributed by atoms with Crippen molar-refractivity contribution in [2.45, 2.75) is 32.2 Å². The molecule has 4 heteroatoms. The zero-order valence-corrected chi connectivity index (χ0v) is 14.9. The monoisotopic (exact) mass is 304 g/mol. The fourth-order valence-corrected chi connectivity index (χ4v) is 3.26. The lowest BCUT2D eigenvalue weighted by molar-refractivity contribution is 0.116. The number of allylic oxidation sites excluding steroid dienone is 1. The molecule has 4 nitrogen and oxygen atoms in total. The van der Waals surface area contributed by atoms with E-state index in [0.717, 1.165) is 26.1 Å². The van der Waals surface area contributed by atoms with Gasteiger partial charge < -0.3 is 15.2 Å². The Kier molecular flexibility index (Phi) is 6.24. The lowest BCUT2D eigenvalue weighted by Gasteiger charge is -2.30. The smallest absolute Gasteiger partial charge is 0.0451 e. The van der Waals surface area contributed by atoms with Crippen molar-refractivity contribution in [1.29, 1.82) is 0 Å². The van der Waals surface area contributed by atoms with Crippen LogP contribution in [0.5, 0.6) is 0 Å². The zero-order valence-electron chi connectivity index (χ0n) is 14.9. The highest BCUT2D eigenvalue weighted by molar-refractivity contribution is 5.39. The minimum atomic E-state index is 0.457. The van der Waals surface area contributed by atoms with Gasteiger partial charge in [0.25, 0.3) is 0 Å². The van der Waals surface area contributed by atoms with Gasteiger partial charge in [-0.25, -0.2) is 5.01 Å². The van der Waals surface area contributed by atoms with Crippen LogP contribution < -0.4 is 5.32 Å². The predicted molar refractivity (Wildman–Crippen MR) is 94.5 cm³/mol. The summed E-state index contributed by atoms with van der Waals surface area (Å²) in [6, 6.07) is 0.457. The highest BCUT2D eigenvalue weighted by atomic mass is 15.6. The van der Waals surface area contributed by atoms with Crippen LogP contribution in [0.2, 0.25) is 0 Å². The van der Waals surface area contributed by atoms with Gasteiger partial charge in [0.05, 0.1) is 0 Å². The maximum atomic E-state index is 3.66. The lowest BCUT2D eigenvalue weighted by Crippen LogP contribution is -2.42. The normalized spacial score (nSPS) is 25.1. The molecule has 0 amide bonds. The molecule has 1 N–H and O–H groups in total. The van der Waals surface area contributed by atoms with Crippen molar-refractivity contribution in [3.63, 3.8) is 0 Å². The molecule has 0 bridgehead atoms. The zero-order chi connectivity index (χ0) is 16.1. The van der Waals surface area contributed by atoms with E-state index in [9.17, 15) is 0 Å². The SMILES string of the molecule is CCCC1=CCNC(CN(C)C)/C1=C\CC1=CN(C)N(C)C1. The van der Waals surface area contributed by atoms with Crippen molar-refractivity contribution in [3.05, 3.63) is 35.1 Å². The van der Waals surface area contributed by atoms with Crippen LogP contribution in [0, 0.1) is 0 Å². The van der Waals surface area contributed by atoms with Crippen LogP contribution in [-0.2, 0) is 0 Å². The van der Waals surface area contributed by atoms with Gasteiger partial charge in [0, 0.05) is 46.0 Å². The maximum absolute atomic E-state index is 3.66. The Morgan fingerprint density at radius 1 is 1.36 bits per heavy atom. The number of likely N-dealkylation sites (N-methyl/N-ethyl adjacent to an activating group) is 2. The van der Waals surface area contributed by atoms with E-state index in [1.165, 1.54) is 24.0 Å². The number of hydrazine groups is 1. The quantitative estimate of drug-likeness (QED) is 0.812. The molecule has 0 aromatic heterocycles. The Morgan fingerprint density at radius 3 is 2.73 bits per heavy atom. The number of hydrogen-bond acceptors (Lipinski definition) is 4. The Morgan fingerprint density at radius 2 is 2.14 bits per heavy atom. The molecule has 0 fully saturated rings. The molecule has 1 unspecified atom stereocenters. The summed E-state index contributed by atoms with van der Waals surface area (Å²) in [6.07, 6.45) is 10.6. The van der Waals surface area contributed by atoms with Gasteiger partial charge in [-0.1, -0.05) is 25.5 Å². The molecule has 22 heavy (non-hydrogen) atoms. The summed E-state index contributed by atoms with van der Waals surface area (Å²) in [5.41, 5.74) is 4.55. The largest absolute Gasteiger partial charge is 0.316 e. The molecular weight excluding hydrogens is 272 g/mol. The lowest BCUT2D eigenvalue weighted by atomic mass is 9.90. The molecule has 0 aromatic rings. The molecule has 0 radical (unpaired) electrons. The van der Waals surface area contributed by atoms with Crippen molar-refractivity contribution >= 4 is 0 Å². The number of hydrogen-bond donors (Lipinski definition) is 1. The average Bonchev–Trinajstić information content (AvgIpc) is 2.77. The Bertz CT molecular complexity index is 462. The summed E-state index contributed by atoms with van der Waals surface area (Å²) in [5.74, 6) is 0. The van der Waals surface area contributed by atoms with E-state index in [4.69, 9.17) is 0 Å². The molecule has 0 aliphatic carbocycles. The minimum absolute atomic E-state index is 0.457. The van der Waals surface area contributed by atoms with Crippen LogP contribution in [0.15, 0.2) is 35.1 Å². The van der Waals surface area contributed by atoms with Crippen LogP contribution >= 0.6 is 0 Å². The number of nitrogens with zero attached hydrogens (tertiary/aromatic N) is 3. The first-order valence-corrected chi connectivity index (χ1v) is 8.42. The van der Waals surface area contributed by atoms with Crippen LogP contribution in [0.3, 0.4) is 0 Å². The second-order valence-corrected chi connectivity index (χ2v) is 6.74. The summed E-state index contributed by atoms with van der Waals surface area (Å²) >= 11 is 0. The Hall–Kier alpha value is -1.10. The molecule has 2 rings (SSSR count). The van der Waals surface area contributed by atoms with Gasteiger partial charge in [-0.2, -0.15) is 0 Å². The third-order valence-electron chi connectivity index (χ3n) is 4.45. The third-order valence-corrected chi connectivity index (χ3v) is 4.45. The van der Waals surface area contributed by atoms with Gasteiger partial charge in [-0.3, -0.25) is 0 Å².